The van der Waals surface area contributed by atoms with E-state index in [2.05, 4.69) is 21.2 Å². The number of halogens is 5. The zero-order chi connectivity index (χ0) is 22.3. The van der Waals surface area contributed by atoms with Crippen molar-refractivity contribution in [3.05, 3.63) is 60.0 Å². The molecule has 30 heavy (non-hydrogen) atoms. The molecule has 1 atom stereocenters. The van der Waals surface area contributed by atoms with E-state index in [0.29, 0.717) is 5.69 Å². The van der Waals surface area contributed by atoms with Crippen molar-refractivity contribution in [1.29, 1.82) is 0 Å². The van der Waals surface area contributed by atoms with Gasteiger partial charge in [-0.1, -0.05) is 76.2 Å². The van der Waals surface area contributed by atoms with E-state index >= 15 is 0 Å². The van der Waals surface area contributed by atoms with Crippen molar-refractivity contribution in [1.82, 2.24) is 4.90 Å². The summed E-state index contributed by atoms with van der Waals surface area (Å²) in [4.78, 5) is 40.2. The van der Waals surface area contributed by atoms with E-state index in [9.17, 15) is 14.4 Å². The summed E-state index contributed by atoms with van der Waals surface area (Å²) in [6.07, 6.45) is 0.241. The average molecular weight is 553 g/mol. The van der Waals surface area contributed by atoms with Crippen molar-refractivity contribution >= 4 is 85.7 Å². The Kier molecular flexibility index (Phi) is 7.04. The Morgan fingerprint density at radius 1 is 0.933 bits per heavy atom. The lowest BCUT2D eigenvalue weighted by Crippen LogP contribution is -2.48. The van der Waals surface area contributed by atoms with Crippen LogP contribution in [0.2, 0.25) is 20.1 Å². The molecular weight excluding hydrogens is 538 g/mol. The minimum absolute atomic E-state index is 0.00750. The molecule has 0 aromatic heterocycles. The molecule has 1 aliphatic heterocycles. The Labute approximate surface area is 201 Å². The first-order valence-corrected chi connectivity index (χ1v) is 11.1. The number of carbonyl (C=O) groups is 3. The number of nitrogens with one attached hydrogen (secondary N) is 1. The average Bonchev–Trinajstić information content (AvgIpc) is 2.95. The van der Waals surface area contributed by atoms with Crippen LogP contribution < -0.4 is 5.32 Å². The number of anilines is 1. The normalized spacial score (nSPS) is 14.3. The minimum atomic E-state index is -1.08. The van der Waals surface area contributed by atoms with Crippen molar-refractivity contribution < 1.29 is 14.4 Å². The van der Waals surface area contributed by atoms with Crippen molar-refractivity contribution in [3.8, 4) is 0 Å². The zero-order valence-electron chi connectivity index (χ0n) is 15.7. The molecule has 0 saturated carbocycles. The monoisotopic (exact) mass is 550 g/mol. The lowest BCUT2D eigenvalue weighted by molar-refractivity contribution is -0.120. The van der Waals surface area contributed by atoms with Crippen molar-refractivity contribution in [2.45, 2.75) is 26.3 Å². The molecule has 10 heteroatoms. The third-order valence-corrected chi connectivity index (χ3v) is 6.88. The second-order valence-corrected chi connectivity index (χ2v) is 9.56. The third-order valence-electron chi connectivity index (χ3n) is 4.55. The van der Waals surface area contributed by atoms with Crippen molar-refractivity contribution in [2.24, 2.45) is 5.92 Å². The van der Waals surface area contributed by atoms with E-state index in [1.165, 1.54) is 0 Å². The summed E-state index contributed by atoms with van der Waals surface area (Å²) in [5.41, 5.74) is 0.230. The van der Waals surface area contributed by atoms with Crippen LogP contribution >= 0.6 is 62.3 Å². The summed E-state index contributed by atoms with van der Waals surface area (Å²) in [5.74, 6) is -1.98. The summed E-state index contributed by atoms with van der Waals surface area (Å²) >= 11 is 27.8. The molecule has 1 heterocycles. The maximum atomic E-state index is 13.1. The maximum Gasteiger partial charge on any atom is 0.263 e. The second kappa shape index (κ2) is 9.05. The van der Waals surface area contributed by atoms with Gasteiger partial charge >= 0.3 is 0 Å². The molecule has 0 saturated heterocycles. The molecule has 0 radical (unpaired) electrons. The van der Waals surface area contributed by atoms with Gasteiger partial charge in [-0.05, 0) is 36.6 Å². The van der Waals surface area contributed by atoms with Crippen LogP contribution in [0.3, 0.4) is 0 Å². The zero-order valence-corrected chi connectivity index (χ0v) is 20.3. The predicted octanol–water partition coefficient (Wildman–Crippen LogP) is 6.71. The highest BCUT2D eigenvalue weighted by atomic mass is 79.9. The molecule has 2 aromatic carbocycles. The van der Waals surface area contributed by atoms with Gasteiger partial charge in [0.1, 0.15) is 6.04 Å². The summed E-state index contributed by atoms with van der Waals surface area (Å²) < 4.78 is 0.845. The molecule has 2 aromatic rings. The highest BCUT2D eigenvalue weighted by Crippen LogP contribution is 2.45. The smallest absolute Gasteiger partial charge is 0.263 e. The van der Waals surface area contributed by atoms with Gasteiger partial charge in [-0.2, -0.15) is 0 Å². The molecule has 3 rings (SSSR count). The van der Waals surface area contributed by atoms with Crippen LogP contribution in [-0.4, -0.2) is 28.7 Å². The Morgan fingerprint density at radius 3 is 1.83 bits per heavy atom. The molecule has 5 nitrogen and oxygen atoms in total. The highest BCUT2D eigenvalue weighted by molar-refractivity contribution is 9.10. The van der Waals surface area contributed by atoms with Gasteiger partial charge in [-0.25, -0.2) is 0 Å². The number of imide groups is 1. The second-order valence-electron chi connectivity index (χ2n) is 7.13. The van der Waals surface area contributed by atoms with Gasteiger partial charge in [0.2, 0.25) is 5.91 Å². The van der Waals surface area contributed by atoms with Crippen LogP contribution in [0, 0.1) is 5.92 Å². The quantitative estimate of drug-likeness (QED) is 0.255. The van der Waals surface area contributed by atoms with Gasteiger partial charge in [0.25, 0.3) is 11.8 Å². The van der Waals surface area contributed by atoms with E-state index < -0.39 is 23.8 Å². The summed E-state index contributed by atoms with van der Waals surface area (Å²) in [6.45, 7) is 3.76. The number of carbonyl (C=O) groups excluding carboxylic acids is 3. The van der Waals surface area contributed by atoms with Gasteiger partial charge < -0.3 is 5.32 Å². The maximum absolute atomic E-state index is 13.1. The van der Waals surface area contributed by atoms with Crippen LogP contribution in [-0.2, 0) is 4.79 Å². The minimum Gasteiger partial charge on any atom is -0.324 e. The summed E-state index contributed by atoms with van der Waals surface area (Å²) in [6, 6.07) is 5.84. The van der Waals surface area contributed by atoms with E-state index in [1.807, 2.05) is 13.8 Å². The number of hydrogen-bond acceptors (Lipinski definition) is 3. The van der Waals surface area contributed by atoms with Crippen LogP contribution in [0.15, 0.2) is 28.7 Å². The van der Waals surface area contributed by atoms with Crippen LogP contribution in [0.1, 0.15) is 41.0 Å². The fourth-order valence-electron chi connectivity index (χ4n) is 3.18. The summed E-state index contributed by atoms with van der Waals surface area (Å²) in [7, 11) is 0. The Balaban J connectivity index is 2.02. The molecule has 0 bridgehead atoms. The first-order chi connectivity index (χ1) is 14.0. The third kappa shape index (κ3) is 4.21. The topological polar surface area (TPSA) is 66.5 Å². The first-order valence-electron chi connectivity index (χ1n) is 8.84. The van der Waals surface area contributed by atoms with Crippen molar-refractivity contribution in [2.75, 3.05) is 5.32 Å². The number of nitrogens with zero attached hydrogens (tertiary/aromatic N) is 1. The molecule has 1 aliphatic rings. The molecular formula is C20H15BrCl4N2O3. The van der Waals surface area contributed by atoms with Crippen LogP contribution in [0.5, 0.6) is 0 Å². The molecule has 0 aliphatic carbocycles. The van der Waals surface area contributed by atoms with E-state index in [0.717, 1.165) is 9.37 Å². The molecule has 158 valence electrons. The first kappa shape index (κ1) is 23.4. The Morgan fingerprint density at radius 2 is 1.40 bits per heavy atom. The Bertz CT molecular complexity index is 1010. The number of amides is 3. The summed E-state index contributed by atoms with van der Waals surface area (Å²) in [5, 5.41) is 2.17. The van der Waals surface area contributed by atoms with E-state index in [4.69, 9.17) is 46.4 Å². The number of fused-ring (bicyclic) bond motifs is 1. The molecule has 3 amide bonds. The van der Waals surface area contributed by atoms with E-state index in [1.54, 1.807) is 24.3 Å². The number of benzene rings is 2. The molecule has 1 N–H and O–H groups in total. The Hall–Kier alpha value is -1.31. The van der Waals surface area contributed by atoms with Gasteiger partial charge in [-0.3, -0.25) is 19.3 Å². The number of hydrogen-bond donors (Lipinski definition) is 1. The van der Waals surface area contributed by atoms with Gasteiger partial charge in [0.15, 0.2) is 0 Å². The fraction of sp³-hybridized carbons (Fsp3) is 0.250. The number of rotatable bonds is 5. The van der Waals surface area contributed by atoms with Gasteiger partial charge in [0, 0.05) is 10.2 Å². The van der Waals surface area contributed by atoms with Gasteiger partial charge in [0.05, 0.1) is 31.2 Å². The fourth-order valence-corrected chi connectivity index (χ4v) is 4.46. The molecule has 1 unspecified atom stereocenters. The predicted molar refractivity (Wildman–Crippen MR) is 123 cm³/mol. The van der Waals surface area contributed by atoms with Gasteiger partial charge in [-0.15, -0.1) is 0 Å². The van der Waals surface area contributed by atoms with Crippen LogP contribution in [0.25, 0.3) is 0 Å². The molecule has 0 spiro atoms. The SMILES string of the molecule is CC(C)CC(C(=O)Nc1ccc(Br)cc1)N1C(=O)c2c(Cl)c(Cl)c(Cl)c(Cl)c2C1=O. The lowest BCUT2D eigenvalue weighted by Gasteiger charge is -2.26. The highest BCUT2D eigenvalue weighted by Gasteiger charge is 2.46. The van der Waals surface area contributed by atoms with Crippen molar-refractivity contribution in [3.63, 3.8) is 0 Å². The lowest BCUT2D eigenvalue weighted by atomic mass is 10.0. The van der Waals surface area contributed by atoms with Crippen LogP contribution in [0.4, 0.5) is 5.69 Å². The standard InChI is InChI=1S/C20H15BrCl4N2O3/c1-8(2)7-11(18(28)26-10-5-3-9(21)4-6-10)27-19(29)12-13(20(27)30)15(23)17(25)16(24)14(12)22/h3-6,8,11H,7H2,1-2H3,(H,26,28). The van der Waals surface area contributed by atoms with E-state index in [-0.39, 0.29) is 43.6 Å². The largest absolute Gasteiger partial charge is 0.324 e. The molecule has 0 fully saturated rings.